The Hall–Kier alpha value is -1.68. The lowest BCUT2D eigenvalue weighted by Gasteiger charge is -2.12. The van der Waals surface area contributed by atoms with Crippen LogP contribution in [0.4, 0.5) is 0 Å². The Bertz CT molecular complexity index is 543. The monoisotopic (exact) mass is 256 g/mol. The van der Waals surface area contributed by atoms with Crippen LogP contribution in [0.3, 0.4) is 0 Å². The molecule has 0 radical (unpaired) electrons. The van der Waals surface area contributed by atoms with Gasteiger partial charge in [0.15, 0.2) is 0 Å². The van der Waals surface area contributed by atoms with Crippen molar-refractivity contribution in [2.45, 2.75) is 45.2 Å². The average molecular weight is 256 g/mol. The van der Waals surface area contributed by atoms with Gasteiger partial charge in [0.2, 0.25) is 0 Å². The van der Waals surface area contributed by atoms with Gasteiger partial charge in [-0.2, -0.15) is 0 Å². The second-order valence-corrected chi connectivity index (χ2v) is 5.12. The Labute approximate surface area is 113 Å². The number of hydrogen-bond acceptors (Lipinski definition) is 3. The van der Waals surface area contributed by atoms with E-state index in [0.717, 1.165) is 36.9 Å². The zero-order chi connectivity index (χ0) is 13.1. The van der Waals surface area contributed by atoms with Crippen molar-refractivity contribution in [2.75, 3.05) is 0 Å². The highest BCUT2D eigenvalue weighted by Crippen LogP contribution is 2.21. The van der Waals surface area contributed by atoms with Gasteiger partial charge in [-0.05, 0) is 30.9 Å². The Morgan fingerprint density at radius 2 is 2.26 bits per heavy atom. The molecule has 2 aromatic heterocycles. The lowest BCUT2D eigenvalue weighted by molar-refractivity contribution is 0.681. The van der Waals surface area contributed by atoms with Crippen LogP contribution in [0.2, 0.25) is 0 Å². The molecule has 4 nitrogen and oxygen atoms in total. The topological polar surface area (TPSA) is 42.7 Å². The van der Waals surface area contributed by atoms with E-state index in [9.17, 15) is 0 Å². The maximum absolute atomic E-state index is 4.45. The number of rotatable bonds is 6. The average Bonchev–Trinajstić information content (AvgIpc) is 3.16. The van der Waals surface area contributed by atoms with Crippen molar-refractivity contribution in [3.63, 3.8) is 0 Å². The number of aromatic nitrogens is 3. The van der Waals surface area contributed by atoms with Gasteiger partial charge in [0, 0.05) is 37.6 Å². The van der Waals surface area contributed by atoms with Crippen LogP contribution in [0.25, 0.3) is 5.69 Å². The largest absolute Gasteiger partial charge is 0.310 e. The first-order valence-corrected chi connectivity index (χ1v) is 7.07. The first-order chi connectivity index (χ1) is 9.38. The number of pyridine rings is 1. The molecule has 4 heteroatoms. The molecule has 3 rings (SSSR count). The smallest absolute Gasteiger partial charge is 0.113 e. The molecule has 1 saturated carbocycles. The third-order valence-electron chi connectivity index (χ3n) is 3.50. The fourth-order valence-electron chi connectivity index (χ4n) is 2.29. The molecular weight excluding hydrogens is 236 g/mol. The Kier molecular flexibility index (Phi) is 3.60. The normalized spacial score (nSPS) is 14.8. The molecule has 100 valence electrons. The van der Waals surface area contributed by atoms with Gasteiger partial charge < -0.3 is 9.88 Å². The highest BCUT2D eigenvalue weighted by atomic mass is 15.1. The molecule has 0 aliphatic heterocycles. The summed E-state index contributed by atoms with van der Waals surface area (Å²) < 4.78 is 2.17. The van der Waals surface area contributed by atoms with E-state index < -0.39 is 0 Å². The summed E-state index contributed by atoms with van der Waals surface area (Å²) in [5.41, 5.74) is 2.44. The maximum Gasteiger partial charge on any atom is 0.113 e. The number of aryl methyl sites for hydroxylation is 1. The third-order valence-corrected chi connectivity index (χ3v) is 3.50. The van der Waals surface area contributed by atoms with Crippen molar-refractivity contribution in [3.05, 3.63) is 42.2 Å². The van der Waals surface area contributed by atoms with Gasteiger partial charge in [0.05, 0.1) is 11.9 Å². The lowest BCUT2D eigenvalue weighted by atomic mass is 10.2. The van der Waals surface area contributed by atoms with Crippen molar-refractivity contribution >= 4 is 0 Å². The predicted octanol–water partition coefficient (Wildman–Crippen LogP) is 2.47. The second-order valence-electron chi connectivity index (χ2n) is 5.12. The van der Waals surface area contributed by atoms with Crippen molar-refractivity contribution in [2.24, 2.45) is 0 Å². The summed E-state index contributed by atoms with van der Waals surface area (Å²) in [5.74, 6) is 1.11. The molecule has 19 heavy (non-hydrogen) atoms. The van der Waals surface area contributed by atoms with Gasteiger partial charge in [-0.15, -0.1) is 0 Å². The van der Waals surface area contributed by atoms with E-state index in [1.807, 2.05) is 24.8 Å². The molecule has 0 bridgehead atoms. The van der Waals surface area contributed by atoms with Crippen molar-refractivity contribution in [3.8, 4) is 5.69 Å². The Morgan fingerprint density at radius 3 is 3.05 bits per heavy atom. The van der Waals surface area contributed by atoms with E-state index in [1.165, 1.54) is 18.4 Å². The fourth-order valence-corrected chi connectivity index (χ4v) is 2.29. The summed E-state index contributed by atoms with van der Waals surface area (Å²) in [7, 11) is 0. The Balaban J connectivity index is 1.87. The molecule has 1 aliphatic rings. The van der Waals surface area contributed by atoms with Gasteiger partial charge in [-0.3, -0.25) is 4.98 Å². The molecular formula is C15H20N4. The van der Waals surface area contributed by atoms with Crippen LogP contribution in [-0.4, -0.2) is 20.6 Å². The first kappa shape index (κ1) is 12.4. The zero-order valence-electron chi connectivity index (χ0n) is 11.3. The molecule has 0 spiro atoms. The summed E-state index contributed by atoms with van der Waals surface area (Å²) in [6.07, 6.45) is 12.4. The fraction of sp³-hybridized carbons (Fsp3) is 0.467. The molecule has 0 atom stereocenters. The van der Waals surface area contributed by atoms with E-state index in [2.05, 4.69) is 32.8 Å². The standard InChI is InChI=1S/C15H20N4/c1-2-3-15-17-8-9-19(15)14-11-16-7-6-12(14)10-18-13-4-5-13/h6-9,11,13,18H,2-5,10H2,1H3. The zero-order valence-corrected chi connectivity index (χ0v) is 11.3. The molecule has 1 fully saturated rings. The summed E-state index contributed by atoms with van der Waals surface area (Å²) >= 11 is 0. The number of imidazole rings is 1. The molecule has 2 heterocycles. The minimum absolute atomic E-state index is 0.721. The highest BCUT2D eigenvalue weighted by molar-refractivity contribution is 5.39. The van der Waals surface area contributed by atoms with Crippen LogP contribution in [0, 0.1) is 0 Å². The molecule has 2 aromatic rings. The van der Waals surface area contributed by atoms with Crippen molar-refractivity contribution in [1.29, 1.82) is 0 Å². The van der Waals surface area contributed by atoms with E-state index >= 15 is 0 Å². The van der Waals surface area contributed by atoms with Gasteiger partial charge >= 0.3 is 0 Å². The van der Waals surface area contributed by atoms with Crippen LogP contribution in [-0.2, 0) is 13.0 Å². The Morgan fingerprint density at radius 1 is 1.37 bits per heavy atom. The van der Waals surface area contributed by atoms with Crippen LogP contribution in [0.15, 0.2) is 30.9 Å². The molecule has 0 aromatic carbocycles. The van der Waals surface area contributed by atoms with Crippen LogP contribution in [0.5, 0.6) is 0 Å². The number of hydrogen-bond donors (Lipinski definition) is 1. The number of nitrogens with zero attached hydrogens (tertiary/aromatic N) is 3. The molecule has 0 unspecified atom stereocenters. The lowest BCUT2D eigenvalue weighted by Crippen LogP contribution is -2.17. The van der Waals surface area contributed by atoms with E-state index in [4.69, 9.17) is 0 Å². The summed E-state index contributed by atoms with van der Waals surface area (Å²) in [6.45, 7) is 3.09. The quantitative estimate of drug-likeness (QED) is 0.863. The number of nitrogens with one attached hydrogen (secondary N) is 1. The summed E-state index contributed by atoms with van der Waals surface area (Å²) in [4.78, 5) is 8.71. The molecule has 1 aliphatic carbocycles. The predicted molar refractivity (Wildman–Crippen MR) is 75.2 cm³/mol. The molecule has 1 N–H and O–H groups in total. The van der Waals surface area contributed by atoms with E-state index in [0.29, 0.717) is 0 Å². The van der Waals surface area contributed by atoms with E-state index in [1.54, 1.807) is 0 Å². The maximum atomic E-state index is 4.45. The first-order valence-electron chi connectivity index (χ1n) is 7.07. The van der Waals surface area contributed by atoms with Gasteiger partial charge in [0.1, 0.15) is 5.82 Å². The highest BCUT2D eigenvalue weighted by Gasteiger charge is 2.20. The van der Waals surface area contributed by atoms with E-state index in [-0.39, 0.29) is 0 Å². The van der Waals surface area contributed by atoms with Crippen molar-refractivity contribution in [1.82, 2.24) is 19.9 Å². The van der Waals surface area contributed by atoms with Crippen LogP contribution < -0.4 is 5.32 Å². The minimum Gasteiger partial charge on any atom is -0.310 e. The molecule has 0 amide bonds. The summed E-state index contributed by atoms with van der Waals surface area (Å²) in [5, 5.41) is 3.57. The van der Waals surface area contributed by atoms with Gasteiger partial charge in [-0.25, -0.2) is 4.98 Å². The van der Waals surface area contributed by atoms with Crippen molar-refractivity contribution < 1.29 is 0 Å². The van der Waals surface area contributed by atoms with Gasteiger partial charge in [-0.1, -0.05) is 6.92 Å². The van der Waals surface area contributed by atoms with Gasteiger partial charge in [0.25, 0.3) is 0 Å². The van der Waals surface area contributed by atoms with Crippen LogP contribution >= 0.6 is 0 Å². The SMILES string of the molecule is CCCc1nccn1-c1cnccc1CNC1CC1. The molecule has 0 saturated heterocycles. The third kappa shape index (κ3) is 2.84. The minimum atomic E-state index is 0.721. The summed E-state index contributed by atoms with van der Waals surface area (Å²) in [6, 6.07) is 2.82. The second kappa shape index (κ2) is 5.53. The van der Waals surface area contributed by atoms with Crippen LogP contribution in [0.1, 0.15) is 37.6 Å².